The van der Waals surface area contributed by atoms with Crippen LogP contribution in [0, 0.1) is 0 Å². The fourth-order valence-corrected chi connectivity index (χ4v) is 3.46. The number of aromatic nitrogens is 2. The van der Waals surface area contributed by atoms with Gasteiger partial charge in [0.25, 0.3) is 0 Å². The van der Waals surface area contributed by atoms with Crippen LogP contribution in [0.15, 0.2) is 15.0 Å². The maximum atomic E-state index is 5.54. The van der Waals surface area contributed by atoms with Gasteiger partial charge in [-0.1, -0.05) is 0 Å². The highest BCUT2D eigenvalue weighted by molar-refractivity contribution is 9.13. The van der Waals surface area contributed by atoms with E-state index in [1.165, 1.54) is 11.1 Å². The molecule has 0 amide bonds. The number of rotatable bonds is 3. The largest absolute Gasteiger partial charge is 0.354 e. The summed E-state index contributed by atoms with van der Waals surface area (Å²) in [5.74, 6) is 0.932. The molecule has 0 fully saturated rings. The molecule has 0 unspecified atom stereocenters. The topological polar surface area (TPSA) is 55.9 Å². The molecule has 96 valence electrons. The first-order valence-corrected chi connectivity index (χ1v) is 7.62. The zero-order valence-corrected chi connectivity index (χ0v) is 13.0. The van der Waals surface area contributed by atoms with Gasteiger partial charge in [-0.2, -0.15) is 0 Å². The quantitative estimate of drug-likeness (QED) is 0.869. The minimum atomic E-state index is 0.615. The van der Waals surface area contributed by atoms with Crippen molar-refractivity contribution in [3.8, 4) is 0 Å². The average Bonchev–Trinajstić information content (AvgIpc) is 2.73. The molecule has 1 aromatic heterocycles. The number of halogens is 2. The first-order chi connectivity index (χ1) is 8.72. The Bertz CT molecular complexity index is 606. The van der Waals surface area contributed by atoms with E-state index in [4.69, 9.17) is 5.73 Å². The van der Waals surface area contributed by atoms with Crippen LogP contribution < -0.4 is 11.1 Å². The molecule has 1 aromatic carbocycles. The monoisotopic (exact) mass is 372 g/mol. The molecule has 0 radical (unpaired) electrons. The number of hydrogen-bond donors (Lipinski definition) is 2. The summed E-state index contributed by atoms with van der Waals surface area (Å²) in [6.07, 6.45) is 2.24. The number of hydrogen-bond acceptors (Lipinski definition) is 3. The Kier molecular flexibility index (Phi) is 3.34. The molecule has 1 aliphatic heterocycles. The van der Waals surface area contributed by atoms with E-state index in [9.17, 15) is 0 Å². The van der Waals surface area contributed by atoms with Gasteiger partial charge in [-0.3, -0.25) is 0 Å². The van der Waals surface area contributed by atoms with Gasteiger partial charge < -0.3 is 15.6 Å². The van der Waals surface area contributed by atoms with Crippen LogP contribution in [0.5, 0.6) is 0 Å². The Morgan fingerprint density at radius 2 is 2.28 bits per heavy atom. The summed E-state index contributed by atoms with van der Waals surface area (Å²) in [4.78, 5) is 4.67. The van der Waals surface area contributed by atoms with Gasteiger partial charge in [-0.15, -0.1) is 0 Å². The van der Waals surface area contributed by atoms with E-state index in [1.54, 1.807) is 0 Å². The Labute approximate surface area is 122 Å². The molecule has 0 saturated carbocycles. The minimum Gasteiger partial charge on any atom is -0.354 e. The predicted molar refractivity (Wildman–Crippen MR) is 81.0 cm³/mol. The van der Waals surface area contributed by atoms with Crippen molar-refractivity contribution in [3.63, 3.8) is 0 Å². The summed E-state index contributed by atoms with van der Waals surface area (Å²) in [5.41, 5.74) is 9.17. The van der Waals surface area contributed by atoms with E-state index in [0.29, 0.717) is 6.54 Å². The molecule has 2 aromatic rings. The van der Waals surface area contributed by atoms with Crippen molar-refractivity contribution in [2.45, 2.75) is 19.4 Å². The van der Waals surface area contributed by atoms with Crippen molar-refractivity contribution in [1.29, 1.82) is 0 Å². The number of anilines is 1. The SMILES string of the molecule is NCCNc1nc2cc(Br)c(Br)c3c2n1CCC3. The maximum Gasteiger partial charge on any atom is 0.203 e. The van der Waals surface area contributed by atoms with Crippen molar-refractivity contribution in [2.75, 3.05) is 18.4 Å². The molecule has 18 heavy (non-hydrogen) atoms. The van der Waals surface area contributed by atoms with E-state index in [-0.39, 0.29) is 0 Å². The minimum absolute atomic E-state index is 0.615. The third-order valence-corrected chi connectivity index (χ3v) is 5.32. The first kappa shape index (κ1) is 12.4. The fourth-order valence-electron chi connectivity index (χ4n) is 2.50. The van der Waals surface area contributed by atoms with Crippen LogP contribution in [0.2, 0.25) is 0 Å². The summed E-state index contributed by atoms with van der Waals surface area (Å²) in [5, 5.41) is 3.30. The van der Waals surface area contributed by atoms with Crippen molar-refractivity contribution >= 4 is 48.8 Å². The molecule has 2 heterocycles. The average molecular weight is 374 g/mol. The van der Waals surface area contributed by atoms with Crippen molar-refractivity contribution in [2.24, 2.45) is 5.73 Å². The van der Waals surface area contributed by atoms with E-state index < -0.39 is 0 Å². The Hall–Kier alpha value is -0.590. The van der Waals surface area contributed by atoms with Gasteiger partial charge in [0, 0.05) is 28.6 Å². The Balaban J connectivity index is 2.22. The van der Waals surface area contributed by atoms with Crippen LogP contribution in [0.3, 0.4) is 0 Å². The highest BCUT2D eigenvalue weighted by atomic mass is 79.9. The zero-order valence-electron chi connectivity index (χ0n) is 9.84. The van der Waals surface area contributed by atoms with Crippen LogP contribution in [-0.4, -0.2) is 22.6 Å². The lowest BCUT2D eigenvalue weighted by molar-refractivity contribution is 0.634. The molecular formula is C12H14Br2N4. The highest BCUT2D eigenvalue weighted by Gasteiger charge is 2.21. The number of nitrogens with one attached hydrogen (secondary N) is 1. The van der Waals surface area contributed by atoms with Crippen LogP contribution >= 0.6 is 31.9 Å². The lowest BCUT2D eigenvalue weighted by atomic mass is 10.0. The second-order valence-corrected chi connectivity index (χ2v) is 6.07. The summed E-state index contributed by atoms with van der Waals surface area (Å²) < 4.78 is 4.49. The number of aryl methyl sites for hydroxylation is 2. The molecule has 0 atom stereocenters. The zero-order chi connectivity index (χ0) is 12.7. The number of nitrogens with two attached hydrogens (primary N) is 1. The molecule has 4 nitrogen and oxygen atoms in total. The van der Waals surface area contributed by atoms with Crippen LogP contribution in [0.25, 0.3) is 11.0 Å². The third kappa shape index (κ3) is 1.87. The normalized spacial score (nSPS) is 14.2. The van der Waals surface area contributed by atoms with Gasteiger partial charge in [0.05, 0.1) is 11.0 Å². The predicted octanol–water partition coefficient (Wildman–Crippen LogP) is 2.88. The highest BCUT2D eigenvalue weighted by Crippen LogP contribution is 2.38. The van der Waals surface area contributed by atoms with Crippen LogP contribution in [0.1, 0.15) is 12.0 Å². The van der Waals surface area contributed by atoms with Crippen molar-refractivity contribution in [3.05, 3.63) is 20.6 Å². The number of nitrogens with zero attached hydrogens (tertiary/aromatic N) is 2. The van der Waals surface area contributed by atoms with Crippen LogP contribution in [0.4, 0.5) is 5.95 Å². The van der Waals surface area contributed by atoms with Crippen molar-refractivity contribution < 1.29 is 0 Å². The molecule has 1 aliphatic rings. The number of imidazole rings is 1. The smallest absolute Gasteiger partial charge is 0.203 e. The Morgan fingerprint density at radius 1 is 1.44 bits per heavy atom. The standard InChI is InChI=1S/C12H14Br2N4/c13-8-6-9-11-7(10(8)14)2-1-5-18(11)12(17-9)16-4-3-15/h6H,1-5,15H2,(H,16,17). The maximum absolute atomic E-state index is 5.54. The van der Waals surface area contributed by atoms with Gasteiger partial charge in [-0.25, -0.2) is 4.98 Å². The lowest BCUT2D eigenvalue weighted by Gasteiger charge is -2.18. The second-order valence-electron chi connectivity index (χ2n) is 4.42. The molecule has 3 N–H and O–H groups in total. The molecule has 0 bridgehead atoms. The van der Waals surface area contributed by atoms with Gasteiger partial charge in [-0.05, 0) is 56.3 Å². The van der Waals surface area contributed by atoms with Gasteiger partial charge >= 0.3 is 0 Å². The molecule has 3 rings (SSSR count). The Morgan fingerprint density at radius 3 is 3.06 bits per heavy atom. The van der Waals surface area contributed by atoms with Gasteiger partial charge in [0.15, 0.2) is 0 Å². The van der Waals surface area contributed by atoms with Crippen LogP contribution in [-0.2, 0) is 13.0 Å². The van der Waals surface area contributed by atoms with E-state index in [0.717, 1.165) is 46.3 Å². The van der Waals surface area contributed by atoms with Gasteiger partial charge in [0.1, 0.15) is 0 Å². The summed E-state index contributed by atoms with van der Waals surface area (Å²) in [6, 6.07) is 2.07. The molecule has 0 aliphatic carbocycles. The molecule has 0 spiro atoms. The lowest BCUT2D eigenvalue weighted by Crippen LogP contribution is -2.17. The van der Waals surface area contributed by atoms with E-state index in [1.807, 2.05) is 0 Å². The van der Waals surface area contributed by atoms with E-state index in [2.05, 4.69) is 52.8 Å². The second kappa shape index (κ2) is 4.83. The first-order valence-electron chi connectivity index (χ1n) is 6.03. The molecule has 0 saturated heterocycles. The summed E-state index contributed by atoms with van der Waals surface area (Å²) in [7, 11) is 0. The third-order valence-electron chi connectivity index (χ3n) is 3.25. The van der Waals surface area contributed by atoms with Crippen molar-refractivity contribution in [1.82, 2.24) is 9.55 Å². The molecule has 6 heteroatoms. The van der Waals surface area contributed by atoms with E-state index >= 15 is 0 Å². The number of benzene rings is 1. The summed E-state index contributed by atoms with van der Waals surface area (Å²) >= 11 is 7.25. The summed E-state index contributed by atoms with van der Waals surface area (Å²) in [6.45, 7) is 2.38. The van der Waals surface area contributed by atoms with Gasteiger partial charge in [0.2, 0.25) is 5.95 Å². The molecular weight excluding hydrogens is 360 g/mol. The fraction of sp³-hybridized carbons (Fsp3) is 0.417.